The number of morpholine rings is 1. The van der Waals surface area contributed by atoms with Crippen LogP contribution in [-0.2, 0) is 14.3 Å². The molecule has 7 heteroatoms. The number of benzene rings is 1. The van der Waals surface area contributed by atoms with Crippen molar-refractivity contribution in [2.75, 3.05) is 45.9 Å². The van der Waals surface area contributed by atoms with E-state index >= 15 is 0 Å². The Bertz CT molecular complexity index is 681. The predicted molar refractivity (Wildman–Crippen MR) is 104 cm³/mol. The van der Waals surface area contributed by atoms with Crippen LogP contribution in [0.3, 0.4) is 0 Å². The summed E-state index contributed by atoms with van der Waals surface area (Å²) >= 11 is 0. The molecule has 0 spiro atoms. The van der Waals surface area contributed by atoms with Crippen molar-refractivity contribution in [3.8, 4) is 0 Å². The first-order chi connectivity index (χ1) is 13.1. The van der Waals surface area contributed by atoms with Gasteiger partial charge < -0.3 is 10.1 Å². The zero-order valence-electron chi connectivity index (χ0n) is 15.9. The monoisotopic (exact) mass is 372 g/mol. The summed E-state index contributed by atoms with van der Waals surface area (Å²) in [4.78, 5) is 26.5. The largest absolute Gasteiger partial charge is 0.379 e. The van der Waals surface area contributed by atoms with Gasteiger partial charge in [-0.3, -0.25) is 14.5 Å². The van der Waals surface area contributed by atoms with Crippen LogP contribution in [0.25, 0.3) is 0 Å². The van der Waals surface area contributed by atoms with Crippen LogP contribution in [0.1, 0.15) is 30.4 Å². The number of aryl methyl sites for hydroxylation is 1. The molecule has 146 valence electrons. The summed E-state index contributed by atoms with van der Waals surface area (Å²) in [5, 5.41) is 8.86. The quantitative estimate of drug-likeness (QED) is 0.779. The molecular formula is C20H28N4O3. The Morgan fingerprint density at radius 2 is 1.89 bits per heavy atom. The number of carbonyl (C=O) groups excluding carboxylic acids is 2. The van der Waals surface area contributed by atoms with Crippen molar-refractivity contribution >= 4 is 17.5 Å². The SMILES string of the molecule is Cc1ccc(C2=NN(CCC(=O)NCCN3CCOCC3)C(=O)CC2)cc1. The van der Waals surface area contributed by atoms with E-state index < -0.39 is 0 Å². The van der Waals surface area contributed by atoms with Crippen LogP contribution in [0.4, 0.5) is 0 Å². The minimum Gasteiger partial charge on any atom is -0.379 e. The molecule has 0 unspecified atom stereocenters. The maximum Gasteiger partial charge on any atom is 0.243 e. The maximum atomic E-state index is 12.1. The third-order valence-corrected chi connectivity index (χ3v) is 4.89. The Morgan fingerprint density at radius 3 is 2.63 bits per heavy atom. The van der Waals surface area contributed by atoms with Crippen molar-refractivity contribution < 1.29 is 14.3 Å². The van der Waals surface area contributed by atoms with Gasteiger partial charge in [-0.25, -0.2) is 5.01 Å². The summed E-state index contributed by atoms with van der Waals surface area (Å²) < 4.78 is 5.31. The van der Waals surface area contributed by atoms with E-state index in [1.165, 1.54) is 10.6 Å². The molecule has 7 nitrogen and oxygen atoms in total. The number of nitrogens with zero attached hydrogens (tertiary/aromatic N) is 3. The Morgan fingerprint density at radius 1 is 1.15 bits per heavy atom. The average molecular weight is 372 g/mol. The number of amides is 2. The standard InChI is InChI=1S/C20H28N4O3/c1-16-2-4-17(5-3-16)18-6-7-20(26)24(22-18)10-8-19(25)21-9-11-23-12-14-27-15-13-23/h2-5H,6-15H2,1H3,(H,21,25). The molecule has 2 aliphatic rings. The molecule has 0 aliphatic carbocycles. The Balaban J connectivity index is 1.45. The summed E-state index contributed by atoms with van der Waals surface area (Å²) in [7, 11) is 0. The van der Waals surface area contributed by atoms with Gasteiger partial charge in [-0.15, -0.1) is 0 Å². The van der Waals surface area contributed by atoms with E-state index in [9.17, 15) is 9.59 Å². The zero-order valence-corrected chi connectivity index (χ0v) is 15.9. The second-order valence-corrected chi connectivity index (χ2v) is 6.98. The van der Waals surface area contributed by atoms with Crippen molar-refractivity contribution in [2.45, 2.75) is 26.2 Å². The summed E-state index contributed by atoms with van der Waals surface area (Å²) in [6, 6.07) is 8.14. The minimum absolute atomic E-state index is 0.0213. The smallest absolute Gasteiger partial charge is 0.243 e. The number of carbonyl (C=O) groups is 2. The molecule has 1 aromatic carbocycles. The molecule has 1 N–H and O–H groups in total. The van der Waals surface area contributed by atoms with Gasteiger partial charge in [-0.05, 0) is 12.5 Å². The van der Waals surface area contributed by atoms with Gasteiger partial charge in [0.15, 0.2) is 0 Å². The number of ether oxygens (including phenoxy) is 1. The number of rotatable bonds is 7. The third-order valence-electron chi connectivity index (χ3n) is 4.89. The highest BCUT2D eigenvalue weighted by molar-refractivity contribution is 6.04. The fourth-order valence-electron chi connectivity index (χ4n) is 3.20. The lowest BCUT2D eigenvalue weighted by molar-refractivity contribution is -0.132. The highest BCUT2D eigenvalue weighted by Crippen LogP contribution is 2.16. The number of hydrogen-bond acceptors (Lipinski definition) is 5. The summed E-state index contributed by atoms with van der Waals surface area (Å²) in [6.07, 6.45) is 1.34. The van der Waals surface area contributed by atoms with Gasteiger partial charge in [0.2, 0.25) is 11.8 Å². The topological polar surface area (TPSA) is 74.2 Å². The van der Waals surface area contributed by atoms with Crippen molar-refractivity contribution in [1.29, 1.82) is 0 Å². The summed E-state index contributed by atoms with van der Waals surface area (Å²) in [5.41, 5.74) is 3.13. The van der Waals surface area contributed by atoms with E-state index in [4.69, 9.17) is 4.74 Å². The molecule has 1 saturated heterocycles. The van der Waals surface area contributed by atoms with Gasteiger partial charge in [0, 0.05) is 45.4 Å². The highest BCUT2D eigenvalue weighted by Gasteiger charge is 2.21. The first-order valence-corrected chi connectivity index (χ1v) is 9.63. The van der Waals surface area contributed by atoms with Crippen LogP contribution in [0, 0.1) is 6.92 Å². The van der Waals surface area contributed by atoms with Crippen molar-refractivity contribution in [1.82, 2.24) is 15.2 Å². The predicted octanol–water partition coefficient (Wildman–Crippen LogP) is 1.16. The first kappa shape index (κ1) is 19.5. The third kappa shape index (κ3) is 5.87. The lowest BCUT2D eigenvalue weighted by Gasteiger charge is -2.26. The lowest BCUT2D eigenvalue weighted by Crippen LogP contribution is -2.42. The molecule has 0 aromatic heterocycles. The van der Waals surface area contributed by atoms with E-state index in [1.807, 2.05) is 31.2 Å². The summed E-state index contributed by atoms with van der Waals surface area (Å²) in [6.45, 7) is 7.14. The van der Waals surface area contributed by atoms with Crippen LogP contribution < -0.4 is 5.32 Å². The molecule has 2 aliphatic heterocycles. The second kappa shape index (κ2) is 9.62. The number of hydrogen-bond donors (Lipinski definition) is 1. The molecule has 3 rings (SSSR count). The van der Waals surface area contributed by atoms with Crippen molar-refractivity contribution in [2.24, 2.45) is 5.10 Å². The molecule has 1 aromatic rings. The Kier molecular flexibility index (Phi) is 6.95. The van der Waals surface area contributed by atoms with Crippen LogP contribution in [0.15, 0.2) is 29.4 Å². The number of hydrazone groups is 1. The van der Waals surface area contributed by atoms with Gasteiger partial charge in [-0.2, -0.15) is 5.10 Å². The van der Waals surface area contributed by atoms with Crippen LogP contribution >= 0.6 is 0 Å². The molecule has 1 fully saturated rings. The molecule has 0 saturated carbocycles. The summed E-state index contributed by atoms with van der Waals surface area (Å²) in [5.74, 6) is -0.0688. The van der Waals surface area contributed by atoms with Crippen molar-refractivity contribution in [3.63, 3.8) is 0 Å². The van der Waals surface area contributed by atoms with Crippen LogP contribution in [-0.4, -0.2) is 73.4 Å². The maximum absolute atomic E-state index is 12.1. The van der Waals surface area contributed by atoms with Gasteiger partial charge in [-0.1, -0.05) is 29.8 Å². The average Bonchev–Trinajstić information content (AvgIpc) is 2.69. The molecule has 2 heterocycles. The van der Waals surface area contributed by atoms with E-state index in [0.717, 1.165) is 44.1 Å². The number of nitrogens with one attached hydrogen (secondary N) is 1. The first-order valence-electron chi connectivity index (χ1n) is 9.63. The zero-order chi connectivity index (χ0) is 19.1. The van der Waals surface area contributed by atoms with Crippen molar-refractivity contribution in [3.05, 3.63) is 35.4 Å². The van der Waals surface area contributed by atoms with Crippen LogP contribution in [0.5, 0.6) is 0 Å². The van der Waals surface area contributed by atoms with Gasteiger partial charge >= 0.3 is 0 Å². The lowest BCUT2D eigenvalue weighted by atomic mass is 10.0. The van der Waals surface area contributed by atoms with E-state index in [0.29, 0.717) is 25.9 Å². The normalized spacial score (nSPS) is 18.3. The molecule has 0 atom stereocenters. The van der Waals surface area contributed by atoms with Gasteiger partial charge in [0.25, 0.3) is 0 Å². The Hall–Kier alpha value is -2.25. The molecule has 0 radical (unpaired) electrons. The Labute approximate surface area is 160 Å². The fraction of sp³-hybridized carbons (Fsp3) is 0.550. The van der Waals surface area contributed by atoms with E-state index in [-0.39, 0.29) is 18.2 Å². The van der Waals surface area contributed by atoms with Gasteiger partial charge in [0.1, 0.15) is 0 Å². The van der Waals surface area contributed by atoms with Gasteiger partial charge in [0.05, 0.1) is 25.5 Å². The fourth-order valence-corrected chi connectivity index (χ4v) is 3.20. The minimum atomic E-state index is -0.0475. The molecular weight excluding hydrogens is 344 g/mol. The molecule has 27 heavy (non-hydrogen) atoms. The van der Waals surface area contributed by atoms with Crippen LogP contribution in [0.2, 0.25) is 0 Å². The van der Waals surface area contributed by atoms with E-state index in [2.05, 4.69) is 15.3 Å². The molecule has 2 amide bonds. The van der Waals surface area contributed by atoms with E-state index in [1.54, 1.807) is 0 Å². The molecule has 0 bridgehead atoms. The highest BCUT2D eigenvalue weighted by atomic mass is 16.5. The second-order valence-electron chi connectivity index (χ2n) is 6.98.